The molecule has 1 fully saturated rings. The Morgan fingerprint density at radius 2 is 2.04 bits per heavy atom. The van der Waals surface area contributed by atoms with Crippen molar-refractivity contribution in [3.63, 3.8) is 0 Å². The molecule has 1 amide bonds. The minimum atomic E-state index is -0.243. The molecule has 0 saturated carbocycles. The van der Waals surface area contributed by atoms with E-state index in [-0.39, 0.29) is 17.8 Å². The van der Waals surface area contributed by atoms with Crippen molar-refractivity contribution in [2.75, 3.05) is 6.54 Å². The molecule has 2 aromatic heterocycles. The second-order valence-corrected chi connectivity index (χ2v) is 6.76. The van der Waals surface area contributed by atoms with Crippen LogP contribution >= 0.6 is 0 Å². The van der Waals surface area contributed by atoms with Crippen LogP contribution in [-0.2, 0) is 6.42 Å². The first kappa shape index (κ1) is 17.3. The Morgan fingerprint density at radius 3 is 2.85 bits per heavy atom. The normalized spacial score (nSPS) is 16.5. The molecule has 4 rings (SSSR count). The standard InChI is InChI=1S/C22H20FN3O/c23-18-7-1-5-16(13-18)14-19-8-2-9-20(25-19)21-10-4-12-26(21)22(27)17-6-3-11-24-15-17/h1-3,5-9,11,13,15,21H,4,10,12,14H2/t21-/m0/s1. The van der Waals surface area contributed by atoms with Crippen LogP contribution in [0.15, 0.2) is 67.0 Å². The van der Waals surface area contributed by atoms with E-state index in [0.29, 0.717) is 18.5 Å². The van der Waals surface area contributed by atoms with Crippen LogP contribution in [-0.4, -0.2) is 27.3 Å². The molecular weight excluding hydrogens is 341 g/mol. The summed E-state index contributed by atoms with van der Waals surface area (Å²) in [6.07, 6.45) is 5.67. The Bertz CT molecular complexity index is 945. The summed E-state index contributed by atoms with van der Waals surface area (Å²) in [6, 6.07) is 16.0. The molecule has 0 radical (unpaired) electrons. The van der Waals surface area contributed by atoms with Crippen LogP contribution in [0.25, 0.3) is 0 Å². The van der Waals surface area contributed by atoms with Gasteiger partial charge in [0.15, 0.2) is 0 Å². The fourth-order valence-electron chi connectivity index (χ4n) is 3.61. The number of benzene rings is 1. The average Bonchev–Trinajstić information content (AvgIpc) is 3.18. The maximum Gasteiger partial charge on any atom is 0.255 e. The highest BCUT2D eigenvalue weighted by Gasteiger charge is 2.31. The van der Waals surface area contributed by atoms with Gasteiger partial charge in [-0.25, -0.2) is 4.39 Å². The van der Waals surface area contributed by atoms with Crippen LogP contribution in [0.5, 0.6) is 0 Å². The summed E-state index contributed by atoms with van der Waals surface area (Å²) in [6.45, 7) is 0.716. The highest BCUT2D eigenvalue weighted by Crippen LogP contribution is 2.32. The Hall–Kier alpha value is -3.08. The zero-order valence-electron chi connectivity index (χ0n) is 14.9. The SMILES string of the molecule is O=C(c1cccnc1)N1CCC[C@H]1c1cccc(Cc2cccc(F)c2)n1. The lowest BCUT2D eigenvalue weighted by Crippen LogP contribution is -2.31. The van der Waals surface area contributed by atoms with Gasteiger partial charge in [0.1, 0.15) is 5.82 Å². The minimum absolute atomic E-state index is 0.0112. The Balaban J connectivity index is 1.56. The third-order valence-electron chi connectivity index (χ3n) is 4.87. The molecule has 0 bridgehead atoms. The molecular formula is C22H20FN3O. The number of aromatic nitrogens is 2. The third kappa shape index (κ3) is 3.87. The van der Waals surface area contributed by atoms with E-state index in [1.165, 1.54) is 12.1 Å². The first-order chi connectivity index (χ1) is 13.2. The van der Waals surface area contributed by atoms with Crippen molar-refractivity contribution in [2.24, 2.45) is 0 Å². The van der Waals surface area contributed by atoms with E-state index in [9.17, 15) is 9.18 Å². The fourth-order valence-corrected chi connectivity index (χ4v) is 3.61. The molecule has 0 spiro atoms. The number of pyridine rings is 2. The van der Waals surface area contributed by atoms with E-state index in [2.05, 4.69) is 4.98 Å². The molecule has 3 heterocycles. The summed E-state index contributed by atoms with van der Waals surface area (Å²) in [5.41, 5.74) is 3.24. The number of likely N-dealkylation sites (tertiary alicyclic amines) is 1. The highest BCUT2D eigenvalue weighted by atomic mass is 19.1. The number of halogens is 1. The van der Waals surface area contributed by atoms with E-state index in [4.69, 9.17) is 4.98 Å². The van der Waals surface area contributed by atoms with Gasteiger partial charge in [-0.3, -0.25) is 14.8 Å². The molecule has 1 aliphatic heterocycles. The molecule has 4 nitrogen and oxygen atoms in total. The second kappa shape index (κ2) is 7.66. The maximum atomic E-state index is 13.4. The summed E-state index contributed by atoms with van der Waals surface area (Å²) in [5.74, 6) is -0.254. The van der Waals surface area contributed by atoms with Gasteiger partial charge >= 0.3 is 0 Å². The summed E-state index contributed by atoms with van der Waals surface area (Å²) in [7, 11) is 0. The number of hydrogen-bond acceptors (Lipinski definition) is 3. The molecule has 1 aliphatic rings. The monoisotopic (exact) mass is 361 g/mol. The molecule has 1 saturated heterocycles. The number of carbonyl (C=O) groups excluding carboxylic acids is 1. The predicted molar refractivity (Wildman–Crippen MR) is 101 cm³/mol. The van der Waals surface area contributed by atoms with Crippen molar-refractivity contribution in [1.82, 2.24) is 14.9 Å². The first-order valence-corrected chi connectivity index (χ1v) is 9.12. The average molecular weight is 361 g/mol. The van der Waals surface area contributed by atoms with Crippen LogP contribution in [0.3, 0.4) is 0 Å². The highest BCUT2D eigenvalue weighted by molar-refractivity contribution is 5.94. The van der Waals surface area contributed by atoms with E-state index in [1.807, 2.05) is 29.2 Å². The van der Waals surface area contributed by atoms with Crippen LogP contribution < -0.4 is 0 Å². The number of hydrogen-bond donors (Lipinski definition) is 0. The summed E-state index contributed by atoms with van der Waals surface area (Å²) >= 11 is 0. The van der Waals surface area contributed by atoms with Crippen LogP contribution in [0.2, 0.25) is 0 Å². The zero-order valence-corrected chi connectivity index (χ0v) is 14.9. The molecule has 3 aromatic rings. The molecule has 0 unspecified atom stereocenters. The van der Waals surface area contributed by atoms with Gasteiger partial charge in [0.2, 0.25) is 0 Å². The van der Waals surface area contributed by atoms with Gasteiger partial charge in [-0.2, -0.15) is 0 Å². The lowest BCUT2D eigenvalue weighted by molar-refractivity contribution is 0.0732. The van der Waals surface area contributed by atoms with E-state index in [0.717, 1.165) is 29.8 Å². The molecule has 0 aliphatic carbocycles. The quantitative estimate of drug-likeness (QED) is 0.700. The third-order valence-corrected chi connectivity index (χ3v) is 4.87. The van der Waals surface area contributed by atoms with E-state index >= 15 is 0 Å². The van der Waals surface area contributed by atoms with E-state index in [1.54, 1.807) is 30.6 Å². The van der Waals surface area contributed by atoms with Crippen molar-refractivity contribution >= 4 is 5.91 Å². The smallest absolute Gasteiger partial charge is 0.255 e. The van der Waals surface area contributed by atoms with Gasteiger partial charge in [0.05, 0.1) is 17.3 Å². The molecule has 1 aromatic carbocycles. The van der Waals surface area contributed by atoms with Crippen LogP contribution in [0, 0.1) is 5.82 Å². The lowest BCUT2D eigenvalue weighted by Gasteiger charge is -2.24. The van der Waals surface area contributed by atoms with Gasteiger partial charge in [-0.15, -0.1) is 0 Å². The first-order valence-electron chi connectivity index (χ1n) is 9.12. The minimum Gasteiger partial charge on any atom is -0.330 e. The molecule has 136 valence electrons. The summed E-state index contributed by atoms with van der Waals surface area (Å²) in [4.78, 5) is 23.6. The number of carbonyl (C=O) groups is 1. The summed E-state index contributed by atoms with van der Waals surface area (Å²) in [5, 5.41) is 0. The van der Waals surface area contributed by atoms with Gasteiger partial charge in [-0.1, -0.05) is 18.2 Å². The summed E-state index contributed by atoms with van der Waals surface area (Å²) < 4.78 is 13.4. The van der Waals surface area contributed by atoms with Crippen molar-refractivity contribution in [1.29, 1.82) is 0 Å². The molecule has 5 heteroatoms. The molecule has 1 atom stereocenters. The Morgan fingerprint density at radius 1 is 1.15 bits per heavy atom. The predicted octanol–water partition coefficient (Wildman–Crippen LogP) is 4.18. The van der Waals surface area contributed by atoms with Crippen LogP contribution in [0.4, 0.5) is 4.39 Å². The topological polar surface area (TPSA) is 46.1 Å². The largest absolute Gasteiger partial charge is 0.330 e. The van der Waals surface area contributed by atoms with Crippen LogP contribution in [0.1, 0.15) is 46.2 Å². The second-order valence-electron chi connectivity index (χ2n) is 6.76. The van der Waals surface area contributed by atoms with Gasteiger partial charge in [0.25, 0.3) is 5.91 Å². The van der Waals surface area contributed by atoms with Gasteiger partial charge < -0.3 is 4.90 Å². The van der Waals surface area contributed by atoms with Gasteiger partial charge in [-0.05, 0) is 54.8 Å². The van der Waals surface area contributed by atoms with Crippen molar-refractivity contribution in [2.45, 2.75) is 25.3 Å². The van der Waals surface area contributed by atoms with Crippen molar-refractivity contribution < 1.29 is 9.18 Å². The number of amides is 1. The van der Waals surface area contributed by atoms with Gasteiger partial charge in [0, 0.05) is 31.1 Å². The Kier molecular flexibility index (Phi) is 4.92. The molecule has 0 N–H and O–H groups in total. The lowest BCUT2D eigenvalue weighted by atomic mass is 10.1. The fraction of sp³-hybridized carbons (Fsp3) is 0.227. The zero-order chi connectivity index (χ0) is 18.6. The van der Waals surface area contributed by atoms with E-state index < -0.39 is 0 Å². The van der Waals surface area contributed by atoms with Crippen molar-refractivity contribution in [3.05, 3.63) is 95.3 Å². The Labute approximate surface area is 157 Å². The maximum absolute atomic E-state index is 13.4. The number of nitrogens with zero attached hydrogens (tertiary/aromatic N) is 3. The van der Waals surface area contributed by atoms with Crippen molar-refractivity contribution in [3.8, 4) is 0 Å². The molecule has 27 heavy (non-hydrogen) atoms. The number of rotatable bonds is 4.